The number of aromatic nitrogens is 4. The van der Waals surface area contributed by atoms with Gasteiger partial charge in [-0.25, -0.2) is 26.4 Å². The average molecular weight is 977 g/mol. The molecule has 5 aromatic rings. The number of methoxy groups -OCH3 is 3. The number of sulfonamides is 2. The minimum absolute atomic E-state index is 0.134. The molecule has 21 heteroatoms. The average Bonchev–Trinajstić information content (AvgIpc) is 3.66. The predicted octanol–water partition coefficient (Wildman–Crippen LogP) is 4.07. The molecule has 2 amide bonds. The number of hydrogen-bond donors (Lipinski definition) is 3. The van der Waals surface area contributed by atoms with E-state index in [1.54, 1.807) is 101 Å². The van der Waals surface area contributed by atoms with E-state index in [1.807, 2.05) is 22.6 Å². The minimum Gasteiger partial charge on any atom is -0.497 e. The van der Waals surface area contributed by atoms with Crippen LogP contribution in [0.5, 0.6) is 17.2 Å². The highest BCUT2D eigenvalue weighted by Crippen LogP contribution is 2.38. The van der Waals surface area contributed by atoms with Gasteiger partial charge in [0, 0.05) is 23.2 Å². The molecule has 0 aliphatic rings. The molecule has 0 unspecified atom stereocenters. The number of carbonyl (C=O) groups is 2. The van der Waals surface area contributed by atoms with E-state index in [0.717, 1.165) is 15.9 Å². The van der Waals surface area contributed by atoms with Crippen LogP contribution in [0.1, 0.15) is 37.5 Å². The van der Waals surface area contributed by atoms with Gasteiger partial charge in [-0.1, -0.05) is 36.4 Å². The molecule has 18 nitrogen and oxygen atoms in total. The highest BCUT2D eigenvalue weighted by Gasteiger charge is 2.38. The first kappa shape index (κ1) is 45.7. The topological polar surface area (TPSA) is 236 Å². The molecule has 320 valence electrons. The Morgan fingerprint density at radius 3 is 1.77 bits per heavy atom. The van der Waals surface area contributed by atoms with Gasteiger partial charge < -0.3 is 30.0 Å². The summed E-state index contributed by atoms with van der Waals surface area (Å²) in [7, 11) is -5.16. The van der Waals surface area contributed by atoms with Crippen molar-refractivity contribution in [2.75, 3.05) is 27.9 Å². The second-order valence-electron chi connectivity index (χ2n) is 14.2. The van der Waals surface area contributed by atoms with Gasteiger partial charge in [-0.05, 0) is 114 Å². The SMILES string of the molecule is COc1ccc(CN(Cc2ccc(OC)cc2)S(=O)(=O)c2c(S(=O)(=O)NC[C@H](NC(=O)OC(C)(C)C)C(N)=O)ccc(I)c2-c2nnn(Cc3ccc(OC)cc3)n2)cc1. The van der Waals surface area contributed by atoms with Crippen LogP contribution in [-0.4, -0.2) is 92.9 Å². The molecular weight excluding hydrogens is 932 g/mol. The maximum Gasteiger partial charge on any atom is 0.408 e. The maximum absolute atomic E-state index is 15.4. The fourth-order valence-corrected chi connectivity index (χ4v) is 10.0. The lowest BCUT2D eigenvalue weighted by molar-refractivity contribution is -0.119. The van der Waals surface area contributed by atoms with E-state index in [1.165, 1.54) is 25.1 Å². The lowest BCUT2D eigenvalue weighted by Gasteiger charge is -2.26. The molecule has 0 aliphatic carbocycles. The zero-order valence-corrected chi connectivity index (χ0v) is 37.4. The number of carbonyl (C=O) groups excluding carboxylic acids is 2. The van der Waals surface area contributed by atoms with E-state index in [0.29, 0.717) is 28.4 Å². The highest BCUT2D eigenvalue weighted by molar-refractivity contribution is 14.1. The third-order valence-corrected chi connectivity index (χ3v) is 13.0. The van der Waals surface area contributed by atoms with Crippen LogP contribution in [0, 0.1) is 3.57 Å². The second-order valence-corrected chi connectivity index (χ2v) is 18.9. The van der Waals surface area contributed by atoms with Gasteiger partial charge in [0.25, 0.3) is 0 Å². The van der Waals surface area contributed by atoms with Gasteiger partial charge in [-0.2, -0.15) is 9.10 Å². The molecule has 1 atom stereocenters. The van der Waals surface area contributed by atoms with Crippen molar-refractivity contribution in [1.29, 1.82) is 0 Å². The van der Waals surface area contributed by atoms with Crippen LogP contribution < -0.4 is 30.0 Å². The molecule has 0 saturated heterocycles. The van der Waals surface area contributed by atoms with Crippen molar-refractivity contribution in [2.24, 2.45) is 5.73 Å². The third kappa shape index (κ3) is 11.7. The number of rotatable bonds is 18. The summed E-state index contributed by atoms with van der Waals surface area (Å²) in [6, 6.07) is 21.5. The number of ether oxygens (including phenoxy) is 4. The molecular formula is C39H45IN8O10S2. The molecule has 1 aromatic heterocycles. The number of primary amides is 1. The number of tetrazole rings is 1. The van der Waals surface area contributed by atoms with Crippen LogP contribution in [0.4, 0.5) is 4.79 Å². The Morgan fingerprint density at radius 2 is 1.30 bits per heavy atom. The minimum atomic E-state index is -4.86. The summed E-state index contributed by atoms with van der Waals surface area (Å²) in [5, 5.41) is 15.1. The third-order valence-electron chi connectivity index (χ3n) is 8.67. The molecule has 0 spiro atoms. The lowest BCUT2D eigenvalue weighted by Crippen LogP contribution is -2.52. The summed E-state index contributed by atoms with van der Waals surface area (Å²) >= 11 is 1.89. The molecule has 0 radical (unpaired) electrons. The number of alkyl carbamates (subject to hydrolysis) is 1. The van der Waals surface area contributed by atoms with Crippen molar-refractivity contribution in [3.8, 4) is 28.6 Å². The van der Waals surface area contributed by atoms with Crippen LogP contribution in [-0.2, 0) is 49.2 Å². The normalized spacial score (nSPS) is 12.5. The first-order chi connectivity index (χ1) is 28.3. The van der Waals surface area contributed by atoms with Crippen LogP contribution in [0.25, 0.3) is 11.4 Å². The summed E-state index contributed by atoms with van der Waals surface area (Å²) in [6.45, 7) is 3.76. The van der Waals surface area contributed by atoms with Crippen molar-refractivity contribution in [1.82, 2.24) is 34.6 Å². The smallest absolute Gasteiger partial charge is 0.408 e. The first-order valence-electron chi connectivity index (χ1n) is 18.1. The zero-order chi connectivity index (χ0) is 43.8. The largest absolute Gasteiger partial charge is 0.497 e. The van der Waals surface area contributed by atoms with E-state index in [2.05, 4.69) is 25.4 Å². The highest BCUT2D eigenvalue weighted by atomic mass is 127. The van der Waals surface area contributed by atoms with Crippen molar-refractivity contribution in [2.45, 2.75) is 61.8 Å². The van der Waals surface area contributed by atoms with E-state index in [-0.39, 0.29) is 34.6 Å². The molecule has 0 fully saturated rings. The molecule has 4 N–H and O–H groups in total. The standard InChI is InChI=1S/C39H45IN8O10S2/c1-39(2,3)58-38(50)43-32(36(41)49)21-42-59(51,52)33-20-19-31(40)34(37-44-46-48(45-37)24-27-11-17-30(57-6)18-12-27)35(33)60(53,54)47(22-25-7-13-28(55-4)14-8-25)23-26-9-15-29(56-5)16-10-26/h7-20,32,42H,21-24H2,1-6H3,(H2,41,49)(H,43,50)/t32-/m0/s1. The number of hydrogen-bond acceptors (Lipinski definition) is 13. The van der Waals surface area contributed by atoms with Gasteiger partial charge in [0.1, 0.15) is 38.7 Å². The Labute approximate surface area is 362 Å². The molecule has 0 aliphatic heterocycles. The number of nitrogens with two attached hydrogens (primary N) is 1. The van der Waals surface area contributed by atoms with E-state index >= 15 is 8.42 Å². The maximum atomic E-state index is 15.4. The second kappa shape index (κ2) is 19.4. The fourth-order valence-electron chi connectivity index (χ4n) is 5.69. The Kier molecular flexibility index (Phi) is 14.7. The predicted molar refractivity (Wildman–Crippen MR) is 228 cm³/mol. The number of benzene rings is 4. The van der Waals surface area contributed by atoms with Gasteiger partial charge in [-0.15, -0.1) is 10.2 Å². The van der Waals surface area contributed by atoms with E-state index in [4.69, 9.17) is 24.7 Å². The fraction of sp³-hybridized carbons (Fsp3) is 0.308. The number of nitrogens with zero attached hydrogens (tertiary/aromatic N) is 5. The molecule has 4 aromatic carbocycles. The first-order valence-corrected chi connectivity index (χ1v) is 22.1. The quantitative estimate of drug-likeness (QED) is 0.105. The molecule has 5 rings (SSSR count). The Hall–Kier alpha value is -5.36. The molecule has 0 bridgehead atoms. The van der Waals surface area contributed by atoms with E-state index < -0.39 is 60.0 Å². The van der Waals surface area contributed by atoms with Crippen LogP contribution in [0.15, 0.2) is 94.7 Å². The Bertz CT molecular complexity index is 2460. The van der Waals surface area contributed by atoms with Gasteiger partial charge >= 0.3 is 6.09 Å². The summed E-state index contributed by atoms with van der Waals surface area (Å²) in [6.07, 6.45) is -1.03. The van der Waals surface area contributed by atoms with Crippen LogP contribution in [0.2, 0.25) is 0 Å². The van der Waals surface area contributed by atoms with E-state index in [9.17, 15) is 18.0 Å². The molecule has 0 saturated carbocycles. The number of halogens is 1. The molecule has 1 heterocycles. The van der Waals surface area contributed by atoms with Crippen molar-refractivity contribution in [3.63, 3.8) is 0 Å². The van der Waals surface area contributed by atoms with Crippen molar-refractivity contribution >= 4 is 54.6 Å². The van der Waals surface area contributed by atoms with Gasteiger partial charge in [0.15, 0.2) is 0 Å². The molecule has 60 heavy (non-hydrogen) atoms. The van der Waals surface area contributed by atoms with Crippen molar-refractivity contribution in [3.05, 3.63) is 105 Å². The summed E-state index contributed by atoms with van der Waals surface area (Å²) in [4.78, 5) is 24.8. The Morgan fingerprint density at radius 1 is 0.800 bits per heavy atom. The van der Waals surface area contributed by atoms with Gasteiger partial charge in [0.05, 0.1) is 33.4 Å². The summed E-state index contributed by atoms with van der Waals surface area (Å²) in [5.74, 6) is 0.462. The van der Waals surface area contributed by atoms with Gasteiger partial charge in [0.2, 0.25) is 31.8 Å². The Balaban J connectivity index is 1.66. The summed E-state index contributed by atoms with van der Waals surface area (Å²) in [5.41, 5.74) is 6.34. The number of amides is 2. The monoisotopic (exact) mass is 976 g/mol. The van der Waals surface area contributed by atoms with Crippen LogP contribution >= 0.6 is 22.6 Å². The zero-order valence-electron chi connectivity index (χ0n) is 33.6. The number of nitrogens with one attached hydrogen (secondary N) is 2. The lowest BCUT2D eigenvalue weighted by atomic mass is 10.2. The van der Waals surface area contributed by atoms with Crippen molar-refractivity contribution < 1.29 is 45.4 Å². The van der Waals surface area contributed by atoms with Crippen LogP contribution in [0.3, 0.4) is 0 Å². The summed E-state index contributed by atoms with van der Waals surface area (Å²) < 4.78 is 84.4. The van der Waals surface area contributed by atoms with Gasteiger partial charge in [-0.3, -0.25) is 4.79 Å².